The molecule has 0 aromatic heterocycles. The minimum absolute atomic E-state index is 0.0379. The third-order valence-electron chi connectivity index (χ3n) is 2.07. The maximum Gasteiger partial charge on any atom is 0.258 e. The summed E-state index contributed by atoms with van der Waals surface area (Å²) in [7, 11) is 0. The summed E-state index contributed by atoms with van der Waals surface area (Å²) < 4.78 is 6.18. The van der Waals surface area contributed by atoms with E-state index in [-0.39, 0.29) is 24.7 Å². The number of hydrogen-bond acceptors (Lipinski definition) is 3. The molecule has 0 atom stereocenters. The molecule has 0 fully saturated rings. The zero-order valence-electron chi connectivity index (χ0n) is 10.8. The lowest BCUT2D eigenvalue weighted by Gasteiger charge is -2.20. The number of benzene rings is 1. The van der Waals surface area contributed by atoms with Crippen molar-refractivity contribution in [3.63, 3.8) is 0 Å². The lowest BCUT2D eigenvalue weighted by atomic mass is 10.1. The summed E-state index contributed by atoms with van der Waals surface area (Å²) in [6.07, 6.45) is 0. The Bertz CT molecular complexity index is 427. The normalized spacial score (nSPS) is 11.2. The minimum Gasteiger partial charge on any atom is -0.484 e. The van der Waals surface area contributed by atoms with Crippen LogP contribution in [0.25, 0.3) is 0 Å². The van der Waals surface area contributed by atoms with E-state index in [1.165, 1.54) is 0 Å². The number of halogens is 1. The topological polar surface area (TPSA) is 58.6 Å². The fourth-order valence-corrected chi connectivity index (χ4v) is 1.74. The van der Waals surface area contributed by atoms with Crippen LogP contribution in [-0.4, -0.2) is 23.2 Å². The molecule has 0 unspecified atom stereocenters. The van der Waals surface area contributed by atoms with Gasteiger partial charge in [-0.25, -0.2) is 0 Å². The number of aliphatic hydroxyl groups excluding tert-OH is 1. The van der Waals surface area contributed by atoms with Crippen molar-refractivity contribution in [1.29, 1.82) is 0 Å². The Labute approximate surface area is 115 Å². The van der Waals surface area contributed by atoms with Crippen LogP contribution in [0.1, 0.15) is 26.3 Å². The molecule has 4 nitrogen and oxygen atoms in total. The fraction of sp³-hybridized carbons (Fsp3) is 0.462. The predicted molar refractivity (Wildman–Crippen MR) is 73.5 cm³/mol. The van der Waals surface area contributed by atoms with Crippen molar-refractivity contribution in [3.05, 3.63) is 28.2 Å². The van der Waals surface area contributed by atoms with Crippen LogP contribution in [0.5, 0.6) is 5.75 Å². The first kappa shape index (κ1) is 15.0. The number of aliphatic hydroxyl groups is 1. The molecule has 1 rings (SSSR count). The Kier molecular flexibility index (Phi) is 5.16. The van der Waals surface area contributed by atoms with Gasteiger partial charge in [-0.05, 0) is 44.5 Å². The van der Waals surface area contributed by atoms with Gasteiger partial charge in [0.25, 0.3) is 5.91 Å². The second kappa shape index (κ2) is 6.20. The van der Waals surface area contributed by atoms with Crippen molar-refractivity contribution < 1.29 is 14.6 Å². The Morgan fingerprint density at radius 3 is 2.67 bits per heavy atom. The fourth-order valence-electron chi connectivity index (χ4n) is 1.37. The van der Waals surface area contributed by atoms with E-state index in [4.69, 9.17) is 9.84 Å². The Morgan fingerprint density at radius 2 is 2.11 bits per heavy atom. The number of amides is 1. The molecule has 0 saturated heterocycles. The maximum atomic E-state index is 11.6. The molecule has 18 heavy (non-hydrogen) atoms. The highest BCUT2D eigenvalue weighted by atomic mass is 79.9. The molecule has 0 aliphatic heterocycles. The predicted octanol–water partition coefficient (Wildman–Crippen LogP) is 2.23. The second-order valence-corrected chi connectivity index (χ2v) is 5.85. The molecule has 0 aliphatic rings. The third kappa shape index (κ3) is 5.06. The van der Waals surface area contributed by atoms with E-state index in [2.05, 4.69) is 21.2 Å². The molecular weight excluding hydrogens is 298 g/mol. The number of ether oxygens (including phenoxy) is 1. The lowest BCUT2D eigenvalue weighted by Crippen LogP contribution is -2.43. The van der Waals surface area contributed by atoms with Crippen molar-refractivity contribution in [2.75, 3.05) is 6.61 Å². The molecule has 1 amide bonds. The van der Waals surface area contributed by atoms with E-state index in [1.54, 1.807) is 18.2 Å². The van der Waals surface area contributed by atoms with E-state index in [0.717, 1.165) is 10.0 Å². The zero-order valence-corrected chi connectivity index (χ0v) is 12.4. The Balaban J connectivity index is 2.56. The van der Waals surface area contributed by atoms with Gasteiger partial charge >= 0.3 is 0 Å². The van der Waals surface area contributed by atoms with Crippen LogP contribution in [0.2, 0.25) is 0 Å². The largest absolute Gasteiger partial charge is 0.484 e. The first-order valence-electron chi connectivity index (χ1n) is 5.65. The van der Waals surface area contributed by atoms with Gasteiger partial charge in [-0.1, -0.05) is 15.9 Å². The molecule has 2 N–H and O–H groups in total. The van der Waals surface area contributed by atoms with Crippen LogP contribution in [0.3, 0.4) is 0 Å². The SMILES string of the molecule is CC(C)(C)NC(=O)COc1ccc(Br)c(CO)c1. The molecular formula is C13H18BrNO3. The van der Waals surface area contributed by atoms with E-state index < -0.39 is 0 Å². The average Bonchev–Trinajstić information content (AvgIpc) is 2.25. The van der Waals surface area contributed by atoms with E-state index in [0.29, 0.717) is 5.75 Å². The van der Waals surface area contributed by atoms with E-state index in [9.17, 15) is 4.79 Å². The lowest BCUT2D eigenvalue weighted by molar-refractivity contribution is -0.124. The van der Waals surface area contributed by atoms with Crippen LogP contribution in [0.4, 0.5) is 0 Å². The van der Waals surface area contributed by atoms with Gasteiger partial charge in [0.15, 0.2) is 6.61 Å². The smallest absolute Gasteiger partial charge is 0.258 e. The van der Waals surface area contributed by atoms with Gasteiger partial charge in [0.05, 0.1) is 6.61 Å². The van der Waals surface area contributed by atoms with Crippen molar-refractivity contribution in [2.24, 2.45) is 0 Å². The minimum atomic E-state index is -0.267. The number of carbonyl (C=O) groups is 1. The van der Waals surface area contributed by atoms with Gasteiger partial charge in [0, 0.05) is 10.0 Å². The van der Waals surface area contributed by atoms with Crippen molar-refractivity contribution in [1.82, 2.24) is 5.32 Å². The van der Waals surface area contributed by atoms with Crippen molar-refractivity contribution in [3.8, 4) is 5.75 Å². The van der Waals surface area contributed by atoms with E-state index in [1.807, 2.05) is 20.8 Å². The van der Waals surface area contributed by atoms with Crippen molar-refractivity contribution in [2.45, 2.75) is 32.9 Å². The van der Waals surface area contributed by atoms with Crippen LogP contribution >= 0.6 is 15.9 Å². The number of carbonyl (C=O) groups excluding carboxylic acids is 1. The molecule has 1 aromatic rings. The molecule has 0 heterocycles. The summed E-state index contributed by atoms with van der Waals surface area (Å²) in [4.78, 5) is 11.6. The summed E-state index contributed by atoms with van der Waals surface area (Å²) in [6, 6.07) is 5.23. The standard InChI is InChI=1S/C13H18BrNO3/c1-13(2,3)15-12(17)8-18-10-4-5-11(14)9(6-10)7-16/h4-6,16H,7-8H2,1-3H3,(H,15,17). The van der Waals surface area contributed by atoms with E-state index >= 15 is 0 Å². The molecule has 0 saturated carbocycles. The number of nitrogens with one attached hydrogen (secondary N) is 1. The average molecular weight is 316 g/mol. The van der Waals surface area contributed by atoms with Gasteiger partial charge in [-0.3, -0.25) is 4.79 Å². The molecule has 0 radical (unpaired) electrons. The summed E-state index contributed by atoms with van der Waals surface area (Å²) in [5, 5.41) is 11.9. The summed E-state index contributed by atoms with van der Waals surface area (Å²) in [5.74, 6) is 0.391. The van der Waals surface area contributed by atoms with Crippen LogP contribution in [0, 0.1) is 0 Å². The number of rotatable bonds is 4. The van der Waals surface area contributed by atoms with Gasteiger partial charge in [0.1, 0.15) is 5.75 Å². The quantitative estimate of drug-likeness (QED) is 0.895. The molecule has 0 aliphatic carbocycles. The zero-order chi connectivity index (χ0) is 13.8. The highest BCUT2D eigenvalue weighted by Crippen LogP contribution is 2.22. The molecule has 0 bridgehead atoms. The first-order valence-corrected chi connectivity index (χ1v) is 6.44. The Hall–Kier alpha value is -1.07. The van der Waals surface area contributed by atoms with Crippen molar-refractivity contribution >= 4 is 21.8 Å². The molecule has 100 valence electrons. The molecule has 1 aromatic carbocycles. The van der Waals surface area contributed by atoms with Gasteiger partial charge < -0.3 is 15.2 Å². The van der Waals surface area contributed by atoms with Crippen LogP contribution in [0.15, 0.2) is 22.7 Å². The highest BCUT2D eigenvalue weighted by molar-refractivity contribution is 9.10. The second-order valence-electron chi connectivity index (χ2n) is 5.00. The van der Waals surface area contributed by atoms with Gasteiger partial charge in [0.2, 0.25) is 0 Å². The molecule has 0 spiro atoms. The first-order chi connectivity index (χ1) is 8.31. The summed E-state index contributed by atoms with van der Waals surface area (Å²) >= 11 is 3.32. The molecule has 5 heteroatoms. The maximum absolute atomic E-state index is 11.6. The van der Waals surface area contributed by atoms with Crippen LogP contribution in [-0.2, 0) is 11.4 Å². The Morgan fingerprint density at radius 1 is 1.44 bits per heavy atom. The van der Waals surface area contributed by atoms with Gasteiger partial charge in [-0.2, -0.15) is 0 Å². The number of hydrogen-bond donors (Lipinski definition) is 2. The third-order valence-corrected chi connectivity index (χ3v) is 2.85. The summed E-state index contributed by atoms with van der Waals surface area (Å²) in [6.45, 7) is 5.62. The van der Waals surface area contributed by atoms with Gasteiger partial charge in [-0.15, -0.1) is 0 Å². The highest BCUT2D eigenvalue weighted by Gasteiger charge is 2.14. The summed E-state index contributed by atoms with van der Waals surface area (Å²) in [5.41, 5.74) is 0.458. The van der Waals surface area contributed by atoms with Crippen LogP contribution < -0.4 is 10.1 Å². The monoisotopic (exact) mass is 315 g/mol.